The molecule has 0 saturated carbocycles. The van der Waals surface area contributed by atoms with Gasteiger partial charge in [0, 0.05) is 44.0 Å². The van der Waals surface area contributed by atoms with E-state index in [0.717, 1.165) is 0 Å². The average molecular weight is 1130 g/mol. The monoisotopic (exact) mass is 1120 g/mol. The van der Waals surface area contributed by atoms with Crippen molar-refractivity contribution in [3.05, 3.63) is 202 Å². The lowest BCUT2D eigenvalue weighted by Gasteiger charge is -2.36. The first kappa shape index (κ1) is 57.8. The van der Waals surface area contributed by atoms with Crippen LogP contribution in [0.1, 0.15) is 207 Å². The number of rotatable bonds is 8. The van der Waals surface area contributed by atoms with Gasteiger partial charge in [-0.3, -0.25) is 0 Å². The first-order valence-corrected chi connectivity index (χ1v) is 32.4. The van der Waals surface area contributed by atoms with Crippen LogP contribution >= 0.6 is 0 Å². The zero-order valence-electron chi connectivity index (χ0n) is 55.4. The van der Waals surface area contributed by atoms with Crippen LogP contribution in [-0.4, -0.2) is 22.6 Å². The van der Waals surface area contributed by atoms with Crippen molar-refractivity contribution in [1.82, 2.24) is 9.13 Å². The van der Waals surface area contributed by atoms with Crippen molar-refractivity contribution >= 4 is 89.8 Å². The predicted octanol–water partition coefficient (Wildman–Crippen LogP) is 18.6. The fourth-order valence-electron chi connectivity index (χ4n) is 15.1. The number of hydrogen-bond donors (Lipinski definition) is 0. The van der Waals surface area contributed by atoms with Gasteiger partial charge in [-0.2, -0.15) is 0 Å². The maximum Gasteiger partial charge on any atom is 0.247 e. The molecule has 0 radical (unpaired) electrons. The van der Waals surface area contributed by atoms with Crippen molar-refractivity contribution in [1.29, 1.82) is 0 Å². The molecular weight excluding hydrogens is 1030 g/mol. The van der Waals surface area contributed by atoms with Gasteiger partial charge in [-0.1, -0.05) is 259 Å². The van der Waals surface area contributed by atoms with E-state index in [0.29, 0.717) is 23.7 Å². The Hall–Kier alpha value is -7.29. The zero-order chi connectivity index (χ0) is 61.2. The summed E-state index contributed by atoms with van der Waals surface area (Å²) in [5.74, 6) is 1.25. The van der Waals surface area contributed by atoms with Gasteiger partial charge in [0.1, 0.15) is 0 Å². The molecule has 4 heteroatoms. The van der Waals surface area contributed by atoms with Gasteiger partial charge in [0.05, 0.1) is 11.0 Å². The Kier molecular flexibility index (Phi) is 13.5. The zero-order valence-corrected chi connectivity index (χ0v) is 55.4. The first-order chi connectivity index (χ1) is 40.5. The van der Waals surface area contributed by atoms with Gasteiger partial charge in [0.2, 0.25) is 13.4 Å². The lowest BCUT2D eigenvalue weighted by molar-refractivity contribution is 0.590. The number of fused-ring (bicyclic) bond motifs is 10. The Bertz CT molecular complexity index is 4200. The van der Waals surface area contributed by atoms with Crippen molar-refractivity contribution in [2.75, 3.05) is 0 Å². The molecule has 2 aliphatic rings. The summed E-state index contributed by atoms with van der Waals surface area (Å²) in [6.07, 6.45) is 0. The quantitative estimate of drug-likeness (QED) is 0.134. The lowest BCUT2D eigenvalue weighted by Crippen LogP contribution is -2.62. The van der Waals surface area contributed by atoms with E-state index in [2.05, 4.69) is 305 Å². The molecule has 434 valence electrons. The highest BCUT2D eigenvalue weighted by molar-refractivity contribution is 7.00. The van der Waals surface area contributed by atoms with E-state index < -0.39 is 0 Å². The van der Waals surface area contributed by atoms with E-state index in [1.807, 2.05) is 0 Å². The molecule has 2 aliphatic heterocycles. The fourth-order valence-corrected chi connectivity index (χ4v) is 15.1. The first-order valence-electron chi connectivity index (χ1n) is 32.4. The molecule has 0 spiro atoms. The van der Waals surface area contributed by atoms with Crippen LogP contribution in [0.25, 0.3) is 77.2 Å². The molecular formula is C82H90B2N2. The number of benzene rings is 9. The van der Waals surface area contributed by atoms with Crippen molar-refractivity contribution in [2.45, 2.75) is 184 Å². The highest BCUT2D eigenvalue weighted by atomic mass is 15.0. The molecule has 9 aromatic carbocycles. The smallest absolute Gasteiger partial charge is 0.247 e. The van der Waals surface area contributed by atoms with Crippen LogP contribution in [-0.2, 0) is 21.7 Å². The molecule has 0 bridgehead atoms. The third-order valence-corrected chi connectivity index (χ3v) is 20.0. The van der Waals surface area contributed by atoms with E-state index in [-0.39, 0.29) is 35.1 Å². The number of hydrogen-bond acceptors (Lipinski definition) is 0. The summed E-state index contributed by atoms with van der Waals surface area (Å²) in [4.78, 5) is 0. The van der Waals surface area contributed by atoms with Crippen LogP contribution in [0.2, 0.25) is 0 Å². The number of nitrogens with zero attached hydrogens (tertiary/aromatic N) is 2. The van der Waals surface area contributed by atoms with Crippen LogP contribution in [0, 0.1) is 0 Å². The van der Waals surface area contributed by atoms with Crippen molar-refractivity contribution in [2.24, 2.45) is 0 Å². The van der Waals surface area contributed by atoms with Crippen molar-refractivity contribution in [3.63, 3.8) is 0 Å². The fraction of sp³-hybridized carbons (Fsp3) is 0.341. The second-order valence-corrected chi connectivity index (χ2v) is 31.4. The van der Waals surface area contributed by atoms with Gasteiger partial charge in [-0.15, -0.1) is 0 Å². The minimum atomic E-state index is -0.109. The molecule has 2 aromatic heterocycles. The van der Waals surface area contributed by atoms with Crippen LogP contribution < -0.4 is 32.8 Å². The van der Waals surface area contributed by atoms with Crippen molar-refractivity contribution < 1.29 is 0 Å². The molecule has 0 N–H and O–H groups in total. The predicted molar refractivity (Wildman–Crippen MR) is 379 cm³/mol. The maximum absolute atomic E-state index is 2.73. The molecule has 0 unspecified atom stereocenters. The van der Waals surface area contributed by atoms with E-state index in [1.165, 1.54) is 155 Å². The van der Waals surface area contributed by atoms with Gasteiger partial charge in [-0.05, 0) is 182 Å². The van der Waals surface area contributed by atoms with Gasteiger partial charge < -0.3 is 9.13 Å². The molecule has 13 rings (SSSR count). The minimum absolute atomic E-state index is 0.0467. The minimum Gasteiger partial charge on any atom is -0.310 e. The van der Waals surface area contributed by atoms with E-state index in [4.69, 9.17) is 0 Å². The topological polar surface area (TPSA) is 9.86 Å². The largest absolute Gasteiger partial charge is 0.310 e. The molecule has 2 nitrogen and oxygen atoms in total. The highest BCUT2D eigenvalue weighted by Crippen LogP contribution is 2.43. The summed E-state index contributed by atoms with van der Waals surface area (Å²) in [6.45, 7) is 47.5. The van der Waals surface area contributed by atoms with Gasteiger partial charge >= 0.3 is 0 Å². The summed E-state index contributed by atoms with van der Waals surface area (Å²) in [5.41, 5.74) is 32.4. The van der Waals surface area contributed by atoms with Crippen LogP contribution in [0.15, 0.2) is 158 Å². The van der Waals surface area contributed by atoms with Gasteiger partial charge in [0.15, 0.2) is 0 Å². The average Bonchev–Trinajstić information content (AvgIpc) is 1.42. The Morgan fingerprint density at radius 2 is 0.593 bits per heavy atom. The maximum atomic E-state index is 2.73. The summed E-state index contributed by atoms with van der Waals surface area (Å²) < 4.78 is 5.46. The van der Waals surface area contributed by atoms with Gasteiger partial charge in [-0.25, -0.2) is 0 Å². The normalized spacial score (nSPS) is 13.7. The van der Waals surface area contributed by atoms with Crippen LogP contribution in [0.4, 0.5) is 0 Å². The lowest BCUT2D eigenvalue weighted by atomic mass is 9.31. The summed E-state index contributed by atoms with van der Waals surface area (Å²) >= 11 is 0. The Labute approximate surface area is 515 Å². The molecule has 0 atom stereocenters. The Morgan fingerprint density at radius 1 is 0.291 bits per heavy atom. The Balaban J connectivity index is 1.22. The summed E-state index contributed by atoms with van der Waals surface area (Å²) in [7, 11) is 0. The molecule has 86 heavy (non-hydrogen) atoms. The van der Waals surface area contributed by atoms with Crippen LogP contribution in [0.5, 0.6) is 0 Å². The molecule has 0 saturated heterocycles. The molecule has 0 fully saturated rings. The second-order valence-electron chi connectivity index (χ2n) is 31.4. The third kappa shape index (κ3) is 9.19. The summed E-state index contributed by atoms with van der Waals surface area (Å²) in [6, 6.07) is 63.8. The standard InChI is InChI=1S/C82H90B2N2/c1-47(2)59-23-21-24-60(48(3)4)75(59)83-67-45-74-68(46-73(67)85-71-37-31-53(51-27-33-55(34-28-51)79(9,10)11)39-63(71)65-41-57(81(15,16)17)43-69(83)77(65)85)84(76-61(49(5)6)25-22-26-62(76)50(7)8)70-44-58(82(18,19)20)42-66-64-40-54(32-38-72(64)86(74)78(66)70)52-29-35-56(36-30-52)80(12,13)14/h21-50H,1-20H3. The molecule has 4 heterocycles. The Morgan fingerprint density at radius 3 is 0.884 bits per heavy atom. The molecule has 0 amide bonds. The van der Waals surface area contributed by atoms with Gasteiger partial charge in [0.25, 0.3) is 0 Å². The van der Waals surface area contributed by atoms with Crippen molar-refractivity contribution in [3.8, 4) is 33.6 Å². The molecule has 11 aromatic rings. The van der Waals surface area contributed by atoms with Crippen LogP contribution in [0.3, 0.4) is 0 Å². The highest BCUT2D eigenvalue weighted by Gasteiger charge is 2.43. The summed E-state index contributed by atoms with van der Waals surface area (Å²) in [5, 5.41) is 5.29. The SMILES string of the molecule is CC(C)c1cccc(C(C)C)c1B1c2cc3c(cc2-n2c4ccc(-c5ccc(C(C)(C)C)cc5)cc4c4cc(C(C)(C)C)cc1c42)B(c1c(C(C)C)cccc1C(C)C)c1cc(C(C)(C)C)cc2c4cc(-c5ccc(C(C)(C)C)cc5)ccc4n-3c12. The second kappa shape index (κ2) is 20.1. The molecule has 0 aliphatic carbocycles. The van der Waals surface area contributed by atoms with E-state index >= 15 is 0 Å². The number of aromatic nitrogens is 2. The van der Waals surface area contributed by atoms with E-state index in [1.54, 1.807) is 0 Å². The van der Waals surface area contributed by atoms with E-state index in [9.17, 15) is 0 Å². The third-order valence-electron chi connectivity index (χ3n) is 20.0.